The highest BCUT2D eigenvalue weighted by Crippen LogP contribution is 2.50. The minimum absolute atomic E-state index is 0. The number of carbonyl (C=O) groups excluding carboxylic acids is 1. The highest BCUT2D eigenvalue weighted by molar-refractivity contribution is 5.85. The summed E-state index contributed by atoms with van der Waals surface area (Å²) < 4.78 is 38.6. The third-order valence-corrected chi connectivity index (χ3v) is 6.22. The molecule has 0 bridgehead atoms. The van der Waals surface area contributed by atoms with Crippen LogP contribution in [-0.4, -0.2) is 37.0 Å². The third-order valence-electron chi connectivity index (χ3n) is 6.22. The molecule has 1 N–H and O–H groups in total. The number of hydrogen-bond donors (Lipinski definition) is 1. The van der Waals surface area contributed by atoms with Gasteiger partial charge in [0.05, 0.1) is 5.56 Å². The van der Waals surface area contributed by atoms with Crippen LogP contribution >= 0.6 is 12.4 Å². The second-order valence-electron chi connectivity index (χ2n) is 7.82. The molecule has 2 heterocycles. The van der Waals surface area contributed by atoms with Crippen LogP contribution in [0.5, 0.6) is 0 Å². The van der Waals surface area contributed by atoms with Gasteiger partial charge >= 0.3 is 6.18 Å². The molecule has 2 aliphatic heterocycles. The number of likely N-dealkylation sites (tertiary alicyclic amines) is 1. The van der Waals surface area contributed by atoms with Crippen LogP contribution in [0.3, 0.4) is 0 Å². The maximum atomic E-state index is 12.9. The number of halogens is 4. The molecular weight excluding hydrogens is 365 g/mol. The standard InChI is InChI=1S/C19H23F3N2O.ClH/c20-19(21,22)14-3-1-2-13(10-14)15-11-16(15)17(25)24-8-5-18(6-9-24)4-7-23-12-18;/h1-3,10,15-16,23H,4-9,11-12H2;1H. The van der Waals surface area contributed by atoms with E-state index in [1.54, 1.807) is 6.07 Å². The van der Waals surface area contributed by atoms with Crippen LogP contribution in [0.1, 0.15) is 42.7 Å². The third kappa shape index (κ3) is 3.72. The van der Waals surface area contributed by atoms with Gasteiger partial charge in [-0.15, -0.1) is 12.4 Å². The topological polar surface area (TPSA) is 32.3 Å². The summed E-state index contributed by atoms with van der Waals surface area (Å²) in [5.41, 5.74) is 0.374. The fourth-order valence-electron chi connectivity index (χ4n) is 4.44. The van der Waals surface area contributed by atoms with Crippen molar-refractivity contribution in [2.45, 2.75) is 37.8 Å². The summed E-state index contributed by atoms with van der Waals surface area (Å²) in [7, 11) is 0. The van der Waals surface area contributed by atoms with E-state index in [0.29, 0.717) is 17.4 Å². The molecule has 3 aliphatic rings. The molecule has 1 spiro atoms. The Morgan fingerprint density at radius 3 is 2.54 bits per heavy atom. The van der Waals surface area contributed by atoms with Gasteiger partial charge in [0.2, 0.25) is 5.91 Å². The van der Waals surface area contributed by atoms with Gasteiger partial charge in [0.1, 0.15) is 0 Å². The fraction of sp³-hybridized carbons (Fsp3) is 0.632. The number of hydrogen-bond acceptors (Lipinski definition) is 2. The summed E-state index contributed by atoms with van der Waals surface area (Å²) in [5, 5.41) is 3.41. The second kappa shape index (κ2) is 7.04. The van der Waals surface area contributed by atoms with Gasteiger partial charge < -0.3 is 10.2 Å². The molecule has 0 radical (unpaired) electrons. The van der Waals surface area contributed by atoms with Crippen molar-refractivity contribution in [1.82, 2.24) is 10.2 Å². The van der Waals surface area contributed by atoms with Crippen molar-refractivity contribution < 1.29 is 18.0 Å². The van der Waals surface area contributed by atoms with Crippen LogP contribution in [0.25, 0.3) is 0 Å². The first kappa shape index (κ1) is 19.5. The lowest BCUT2D eigenvalue weighted by Gasteiger charge is -2.39. The average Bonchev–Trinajstić information content (AvgIpc) is 3.28. The van der Waals surface area contributed by atoms with Crippen molar-refractivity contribution in [2.75, 3.05) is 26.2 Å². The first-order valence-corrected chi connectivity index (χ1v) is 9.05. The van der Waals surface area contributed by atoms with Crippen molar-refractivity contribution in [3.05, 3.63) is 35.4 Å². The number of alkyl halides is 3. The van der Waals surface area contributed by atoms with Crippen LogP contribution < -0.4 is 5.32 Å². The van der Waals surface area contributed by atoms with Crippen molar-refractivity contribution in [3.8, 4) is 0 Å². The SMILES string of the molecule is Cl.O=C(C1CC1c1cccc(C(F)(F)F)c1)N1CCC2(CCNC2)CC1. The van der Waals surface area contributed by atoms with Crippen LogP contribution in [0.2, 0.25) is 0 Å². The zero-order valence-corrected chi connectivity index (χ0v) is 15.3. The molecule has 26 heavy (non-hydrogen) atoms. The van der Waals surface area contributed by atoms with E-state index in [0.717, 1.165) is 45.1 Å². The molecule has 1 aliphatic carbocycles. The summed E-state index contributed by atoms with van der Waals surface area (Å²) >= 11 is 0. The van der Waals surface area contributed by atoms with Gasteiger partial charge in [0.25, 0.3) is 0 Å². The lowest BCUT2D eigenvalue weighted by molar-refractivity contribution is -0.137. The molecule has 144 valence electrons. The highest BCUT2D eigenvalue weighted by atomic mass is 35.5. The molecule has 1 saturated carbocycles. The van der Waals surface area contributed by atoms with E-state index in [2.05, 4.69) is 5.32 Å². The van der Waals surface area contributed by atoms with Crippen LogP contribution in [0, 0.1) is 11.3 Å². The number of amides is 1. The quantitative estimate of drug-likeness (QED) is 0.835. The minimum Gasteiger partial charge on any atom is -0.342 e. The fourth-order valence-corrected chi connectivity index (χ4v) is 4.44. The summed E-state index contributed by atoms with van der Waals surface area (Å²) in [5.74, 6) is -0.0683. The van der Waals surface area contributed by atoms with Crippen molar-refractivity contribution in [1.29, 1.82) is 0 Å². The molecular formula is C19H24ClF3N2O. The Morgan fingerprint density at radius 1 is 1.19 bits per heavy atom. The Labute approximate surface area is 157 Å². The van der Waals surface area contributed by atoms with Crippen molar-refractivity contribution >= 4 is 18.3 Å². The van der Waals surface area contributed by atoms with Crippen LogP contribution in [0.4, 0.5) is 13.2 Å². The van der Waals surface area contributed by atoms with Crippen LogP contribution in [0.15, 0.2) is 24.3 Å². The number of carbonyl (C=O) groups is 1. The molecule has 0 aromatic heterocycles. The first-order chi connectivity index (χ1) is 11.9. The first-order valence-electron chi connectivity index (χ1n) is 9.05. The van der Waals surface area contributed by atoms with E-state index in [1.807, 2.05) is 4.90 Å². The number of nitrogens with zero attached hydrogens (tertiary/aromatic N) is 1. The van der Waals surface area contributed by atoms with Crippen LogP contribution in [-0.2, 0) is 11.0 Å². The van der Waals surface area contributed by atoms with E-state index >= 15 is 0 Å². The Balaban J connectivity index is 0.00000196. The molecule has 4 rings (SSSR count). The van der Waals surface area contributed by atoms with Gasteiger partial charge in [-0.1, -0.05) is 18.2 Å². The average molecular weight is 389 g/mol. The predicted octanol–water partition coefficient (Wildman–Crippen LogP) is 3.83. The summed E-state index contributed by atoms with van der Waals surface area (Å²) in [6.45, 7) is 3.68. The zero-order chi connectivity index (χ0) is 17.7. The molecule has 3 nitrogen and oxygen atoms in total. The zero-order valence-electron chi connectivity index (χ0n) is 14.5. The van der Waals surface area contributed by atoms with E-state index in [4.69, 9.17) is 0 Å². The van der Waals surface area contributed by atoms with E-state index in [-0.39, 0.29) is 30.2 Å². The number of benzene rings is 1. The van der Waals surface area contributed by atoms with Gasteiger partial charge in [-0.3, -0.25) is 4.79 Å². The number of nitrogens with one attached hydrogen (secondary N) is 1. The normalized spacial score (nSPS) is 27.3. The Morgan fingerprint density at radius 2 is 1.92 bits per heavy atom. The van der Waals surface area contributed by atoms with Crippen molar-refractivity contribution in [3.63, 3.8) is 0 Å². The molecule has 2 unspecified atom stereocenters. The van der Waals surface area contributed by atoms with E-state index in [9.17, 15) is 18.0 Å². The molecule has 1 amide bonds. The highest BCUT2D eigenvalue weighted by Gasteiger charge is 2.48. The van der Waals surface area contributed by atoms with Gasteiger partial charge in [0.15, 0.2) is 0 Å². The largest absolute Gasteiger partial charge is 0.416 e. The monoisotopic (exact) mass is 388 g/mol. The maximum Gasteiger partial charge on any atom is 0.416 e. The number of piperidine rings is 1. The van der Waals surface area contributed by atoms with Gasteiger partial charge in [0, 0.05) is 25.6 Å². The Hall–Kier alpha value is -1.27. The van der Waals surface area contributed by atoms with Crippen molar-refractivity contribution in [2.24, 2.45) is 11.3 Å². The van der Waals surface area contributed by atoms with E-state index < -0.39 is 11.7 Å². The smallest absolute Gasteiger partial charge is 0.342 e. The molecule has 1 aromatic rings. The lowest BCUT2D eigenvalue weighted by atomic mass is 9.78. The summed E-state index contributed by atoms with van der Waals surface area (Å²) in [4.78, 5) is 14.6. The Kier molecular flexibility index (Phi) is 5.28. The maximum absolute atomic E-state index is 12.9. The second-order valence-corrected chi connectivity index (χ2v) is 7.82. The molecule has 2 saturated heterocycles. The van der Waals surface area contributed by atoms with E-state index in [1.165, 1.54) is 18.6 Å². The predicted molar refractivity (Wildman–Crippen MR) is 95.3 cm³/mol. The molecule has 1 aromatic carbocycles. The van der Waals surface area contributed by atoms with Gasteiger partial charge in [-0.2, -0.15) is 13.2 Å². The lowest BCUT2D eigenvalue weighted by Crippen LogP contribution is -2.44. The number of rotatable bonds is 2. The molecule has 3 fully saturated rings. The Bertz CT molecular complexity index is 663. The molecule has 7 heteroatoms. The summed E-state index contributed by atoms with van der Waals surface area (Å²) in [6.07, 6.45) is -0.408. The minimum atomic E-state index is -4.33. The van der Waals surface area contributed by atoms with Gasteiger partial charge in [-0.25, -0.2) is 0 Å². The van der Waals surface area contributed by atoms with Gasteiger partial charge in [-0.05, 0) is 55.2 Å². The summed E-state index contributed by atoms with van der Waals surface area (Å²) in [6, 6.07) is 5.44. The molecule has 2 atom stereocenters.